The lowest BCUT2D eigenvalue weighted by atomic mass is 9.96. The van der Waals surface area contributed by atoms with Crippen LogP contribution in [-0.2, 0) is 26.0 Å². The summed E-state index contributed by atoms with van der Waals surface area (Å²) in [5.74, 6) is -0.0793. The zero-order valence-corrected chi connectivity index (χ0v) is 23.6. The first-order valence-corrected chi connectivity index (χ1v) is 15.1. The van der Waals surface area contributed by atoms with Crippen LogP contribution in [0.2, 0.25) is 0 Å². The van der Waals surface area contributed by atoms with Gasteiger partial charge in [-0.2, -0.15) is 4.31 Å². The Morgan fingerprint density at radius 2 is 1.49 bits per heavy atom. The lowest BCUT2D eigenvalue weighted by Gasteiger charge is -2.39. The number of carbonyl (C=O) groups excluding carboxylic acids is 3. The first kappa shape index (κ1) is 27.3. The topological polar surface area (TPSA) is 98.3 Å². The van der Waals surface area contributed by atoms with Crippen molar-refractivity contribution in [2.75, 3.05) is 49.1 Å². The van der Waals surface area contributed by atoms with E-state index in [4.69, 9.17) is 0 Å². The Hall–Kier alpha value is -3.24. The summed E-state index contributed by atoms with van der Waals surface area (Å²) in [7, 11) is -3.68. The Morgan fingerprint density at radius 1 is 0.846 bits per heavy atom. The van der Waals surface area contributed by atoms with E-state index in [1.165, 1.54) is 11.2 Å². The minimum atomic E-state index is -3.68. The van der Waals surface area contributed by atoms with Crippen LogP contribution < -0.4 is 9.80 Å². The van der Waals surface area contributed by atoms with E-state index in [9.17, 15) is 22.8 Å². The third kappa shape index (κ3) is 5.32. The normalized spacial score (nSPS) is 20.7. The molecule has 2 amide bonds. The van der Waals surface area contributed by atoms with Crippen LogP contribution in [0.25, 0.3) is 0 Å². The molecular formula is C29H36N4O5S. The number of hydrogen-bond donors (Lipinski definition) is 0. The van der Waals surface area contributed by atoms with E-state index in [1.54, 1.807) is 30.0 Å². The second-order valence-corrected chi connectivity index (χ2v) is 12.8. The summed E-state index contributed by atoms with van der Waals surface area (Å²) >= 11 is 0. The summed E-state index contributed by atoms with van der Waals surface area (Å²) in [4.78, 5) is 42.9. The molecule has 0 spiro atoms. The fourth-order valence-electron chi connectivity index (χ4n) is 6.09. The molecule has 0 aromatic heterocycles. The van der Waals surface area contributed by atoms with E-state index in [2.05, 4.69) is 4.90 Å². The SMILES string of the molecule is CC(=O)c1ccc(N2CCN(C(=O)C3CCN(S(=O)(=O)c4ccc5c(c4)C[C@H](C)N5C(C)=O)CC3)CC2)cc1. The minimum absolute atomic E-state index is 0.00589. The molecule has 208 valence electrons. The average molecular weight is 553 g/mol. The maximum Gasteiger partial charge on any atom is 0.243 e. The van der Waals surface area contributed by atoms with Crippen molar-refractivity contribution < 1.29 is 22.8 Å². The second-order valence-electron chi connectivity index (χ2n) is 10.8. The summed E-state index contributed by atoms with van der Waals surface area (Å²) < 4.78 is 28.3. The Balaban J connectivity index is 1.16. The molecular weight excluding hydrogens is 516 g/mol. The molecule has 5 rings (SSSR count). The van der Waals surface area contributed by atoms with Crippen LogP contribution in [0, 0.1) is 5.92 Å². The predicted molar refractivity (Wildman–Crippen MR) is 149 cm³/mol. The molecule has 3 aliphatic heterocycles. The van der Waals surface area contributed by atoms with Gasteiger partial charge in [-0.05, 0) is 81.1 Å². The van der Waals surface area contributed by atoms with Gasteiger partial charge in [0.1, 0.15) is 0 Å². The van der Waals surface area contributed by atoms with Crippen molar-refractivity contribution >= 4 is 39.0 Å². The molecule has 0 aliphatic carbocycles. The summed E-state index contributed by atoms with van der Waals surface area (Å²) in [6.45, 7) is 8.35. The molecule has 1 atom stereocenters. The van der Waals surface area contributed by atoms with E-state index in [0.29, 0.717) is 51.0 Å². The number of sulfonamides is 1. The smallest absolute Gasteiger partial charge is 0.243 e. The number of nitrogens with zero attached hydrogens (tertiary/aromatic N) is 4. The van der Waals surface area contributed by atoms with Crippen LogP contribution in [-0.4, -0.2) is 80.5 Å². The molecule has 39 heavy (non-hydrogen) atoms. The molecule has 2 aromatic rings. The maximum atomic E-state index is 13.4. The van der Waals surface area contributed by atoms with E-state index in [0.717, 1.165) is 30.0 Å². The van der Waals surface area contributed by atoms with Gasteiger partial charge in [0, 0.05) is 75.1 Å². The Labute approximate surface area is 230 Å². The average Bonchev–Trinajstić information content (AvgIpc) is 3.28. The zero-order valence-electron chi connectivity index (χ0n) is 22.8. The van der Waals surface area contributed by atoms with Gasteiger partial charge in [0.2, 0.25) is 21.8 Å². The molecule has 2 aromatic carbocycles. The number of amides is 2. The highest BCUT2D eigenvalue weighted by molar-refractivity contribution is 7.89. The number of anilines is 2. The minimum Gasteiger partial charge on any atom is -0.368 e. The molecule has 3 aliphatic rings. The maximum absolute atomic E-state index is 13.4. The van der Waals surface area contributed by atoms with Gasteiger partial charge in [0.25, 0.3) is 0 Å². The third-order valence-corrected chi connectivity index (χ3v) is 10.2. The number of piperazine rings is 1. The summed E-state index contributed by atoms with van der Waals surface area (Å²) in [6, 6.07) is 12.6. The molecule has 2 fully saturated rings. The van der Waals surface area contributed by atoms with Crippen LogP contribution in [0.4, 0.5) is 11.4 Å². The fourth-order valence-corrected chi connectivity index (χ4v) is 7.61. The molecule has 0 N–H and O–H groups in total. The number of piperidine rings is 1. The molecule has 2 saturated heterocycles. The number of benzene rings is 2. The highest BCUT2D eigenvalue weighted by Crippen LogP contribution is 2.35. The third-order valence-electron chi connectivity index (χ3n) is 8.28. The zero-order chi connectivity index (χ0) is 27.9. The molecule has 10 heteroatoms. The van der Waals surface area contributed by atoms with Crippen molar-refractivity contribution in [3.05, 3.63) is 53.6 Å². The van der Waals surface area contributed by atoms with Gasteiger partial charge < -0.3 is 14.7 Å². The van der Waals surface area contributed by atoms with Gasteiger partial charge >= 0.3 is 0 Å². The standard InChI is InChI=1S/C29H36N4O5S/c1-20-18-25-19-27(8-9-28(25)33(20)22(3)35)39(37,38)32-12-10-24(11-13-32)29(36)31-16-14-30(15-17-31)26-6-4-23(5-7-26)21(2)34/h4-9,19-20,24H,10-18H2,1-3H3/t20-/m0/s1. The quantitative estimate of drug-likeness (QED) is 0.529. The first-order valence-electron chi connectivity index (χ1n) is 13.6. The van der Waals surface area contributed by atoms with Gasteiger partial charge in [-0.1, -0.05) is 0 Å². The van der Waals surface area contributed by atoms with E-state index < -0.39 is 10.0 Å². The number of fused-ring (bicyclic) bond motifs is 1. The van der Waals surface area contributed by atoms with Gasteiger partial charge in [0.15, 0.2) is 5.78 Å². The molecule has 0 unspecified atom stereocenters. The molecule has 9 nitrogen and oxygen atoms in total. The molecule has 3 heterocycles. The van der Waals surface area contributed by atoms with Gasteiger partial charge in [0.05, 0.1) is 4.90 Å². The van der Waals surface area contributed by atoms with Crippen LogP contribution in [0.1, 0.15) is 49.5 Å². The number of hydrogen-bond acceptors (Lipinski definition) is 6. The van der Waals surface area contributed by atoms with Crippen molar-refractivity contribution in [2.24, 2.45) is 5.92 Å². The van der Waals surface area contributed by atoms with Crippen LogP contribution in [0.5, 0.6) is 0 Å². The van der Waals surface area contributed by atoms with E-state index >= 15 is 0 Å². The second kappa shape index (κ2) is 10.7. The highest BCUT2D eigenvalue weighted by atomic mass is 32.2. The summed E-state index contributed by atoms with van der Waals surface area (Å²) in [5, 5.41) is 0. The largest absolute Gasteiger partial charge is 0.368 e. The molecule has 0 saturated carbocycles. The highest BCUT2D eigenvalue weighted by Gasteiger charge is 2.36. The number of carbonyl (C=O) groups is 3. The van der Waals surface area contributed by atoms with E-state index in [1.807, 2.05) is 36.1 Å². The number of Topliss-reactive ketones (excluding diaryl/α,β-unsaturated/α-hetero) is 1. The van der Waals surface area contributed by atoms with Crippen LogP contribution in [0.3, 0.4) is 0 Å². The van der Waals surface area contributed by atoms with Crippen LogP contribution >= 0.6 is 0 Å². The van der Waals surface area contributed by atoms with Gasteiger partial charge in [-0.25, -0.2) is 8.42 Å². The summed E-state index contributed by atoms with van der Waals surface area (Å²) in [6.07, 6.45) is 1.64. The Bertz CT molecular complexity index is 1370. The van der Waals surface area contributed by atoms with Crippen molar-refractivity contribution in [1.29, 1.82) is 0 Å². The fraction of sp³-hybridized carbons (Fsp3) is 0.483. The van der Waals surface area contributed by atoms with E-state index in [-0.39, 0.29) is 34.5 Å². The lowest BCUT2D eigenvalue weighted by Crippen LogP contribution is -2.52. The summed E-state index contributed by atoms with van der Waals surface area (Å²) in [5.41, 5.74) is 3.39. The first-order chi connectivity index (χ1) is 18.6. The Kier molecular flexibility index (Phi) is 7.52. The van der Waals surface area contributed by atoms with Gasteiger partial charge in [-0.15, -0.1) is 0 Å². The lowest BCUT2D eigenvalue weighted by molar-refractivity contribution is -0.137. The van der Waals surface area contributed by atoms with Crippen molar-refractivity contribution in [3.63, 3.8) is 0 Å². The predicted octanol–water partition coefficient (Wildman–Crippen LogP) is 2.94. The van der Waals surface area contributed by atoms with Gasteiger partial charge in [-0.3, -0.25) is 14.4 Å². The Morgan fingerprint density at radius 3 is 2.08 bits per heavy atom. The monoisotopic (exact) mass is 552 g/mol. The van der Waals surface area contributed by atoms with Crippen molar-refractivity contribution in [1.82, 2.24) is 9.21 Å². The number of ketones is 1. The van der Waals surface area contributed by atoms with Crippen LogP contribution in [0.15, 0.2) is 47.4 Å². The van der Waals surface area contributed by atoms with Crippen molar-refractivity contribution in [2.45, 2.75) is 51.0 Å². The molecule has 0 bridgehead atoms. The number of rotatable bonds is 5. The molecule has 0 radical (unpaired) electrons. The van der Waals surface area contributed by atoms with Crippen molar-refractivity contribution in [3.8, 4) is 0 Å².